The third kappa shape index (κ3) is 5.32. The Balaban J connectivity index is 1.31. The van der Waals surface area contributed by atoms with Crippen molar-refractivity contribution in [1.82, 2.24) is 10.6 Å². The first-order chi connectivity index (χ1) is 18.3. The van der Waals surface area contributed by atoms with Gasteiger partial charge in [-0.25, -0.2) is 4.79 Å². The number of nitrogens with one attached hydrogen (secondary N) is 2. The van der Waals surface area contributed by atoms with Crippen LogP contribution in [0.5, 0.6) is 0 Å². The fourth-order valence-electron chi connectivity index (χ4n) is 8.04. The number of fused-ring (bicyclic) bond motifs is 5. The second-order valence-electron chi connectivity index (χ2n) is 12.8. The van der Waals surface area contributed by atoms with E-state index < -0.39 is 29.4 Å². The molecule has 9 heteroatoms. The molecule has 4 aliphatic carbocycles. The predicted octanol–water partition coefficient (Wildman–Crippen LogP) is 3.03. The summed E-state index contributed by atoms with van der Waals surface area (Å²) in [4.78, 5) is 40.6. The summed E-state index contributed by atoms with van der Waals surface area (Å²) in [7, 11) is 0. The monoisotopic (exact) mass is 541 g/mol. The van der Waals surface area contributed by atoms with E-state index in [1.54, 1.807) is 13.8 Å². The van der Waals surface area contributed by atoms with Gasteiger partial charge in [-0.1, -0.05) is 44.3 Å². The van der Waals surface area contributed by atoms with E-state index >= 15 is 0 Å². The first-order valence-corrected chi connectivity index (χ1v) is 14.2. The Morgan fingerprint density at radius 3 is 2.51 bits per heavy atom. The number of carboxylic acid groups (broad SMARTS) is 1. The van der Waals surface area contributed by atoms with E-state index in [1.165, 1.54) is 5.57 Å². The summed E-state index contributed by atoms with van der Waals surface area (Å²) in [6.45, 7) is 7.31. The minimum absolute atomic E-state index is 0.0919. The molecule has 0 aromatic rings. The first-order valence-electron chi connectivity index (χ1n) is 14.2. The highest BCUT2D eigenvalue weighted by Crippen LogP contribution is 2.67. The Morgan fingerprint density at radius 2 is 1.85 bits per heavy atom. The molecule has 0 saturated heterocycles. The third-order valence-electron chi connectivity index (χ3n) is 10.4. The van der Waals surface area contributed by atoms with E-state index in [2.05, 4.69) is 41.6 Å². The maximum absolute atomic E-state index is 12.1. The number of rotatable bonds is 8. The molecule has 7 atom stereocenters. The van der Waals surface area contributed by atoms with E-state index in [4.69, 9.17) is 11.3 Å². The van der Waals surface area contributed by atoms with Crippen LogP contribution in [0.2, 0.25) is 0 Å². The molecule has 4 rings (SSSR count). The summed E-state index contributed by atoms with van der Waals surface area (Å²) in [5.74, 6) is 1.85. The SMILES string of the molecule is C#C[C@@]1(O)CC[C@@H]2[C@@H]3CCC4=C/C(=N/OCC(=O)NCC(=O)N[C@@H](C(=O)O)C(C)C)CC[C@]4(C)[C@@H]3CC[C@@]21C. The highest BCUT2D eigenvalue weighted by molar-refractivity contribution is 5.96. The van der Waals surface area contributed by atoms with E-state index in [9.17, 15) is 24.6 Å². The normalized spacial score (nSPS) is 37.0. The zero-order chi connectivity index (χ0) is 28.6. The summed E-state index contributed by atoms with van der Waals surface area (Å²) in [5.41, 5.74) is 1.10. The number of amides is 2. The summed E-state index contributed by atoms with van der Waals surface area (Å²) < 4.78 is 0. The van der Waals surface area contributed by atoms with Gasteiger partial charge in [0, 0.05) is 5.41 Å². The number of carboxylic acids is 1. The lowest BCUT2D eigenvalue weighted by Gasteiger charge is -2.58. The fraction of sp³-hybridized carbons (Fsp3) is 0.733. The number of allylic oxidation sites excluding steroid dienone is 2. The molecule has 0 aromatic carbocycles. The van der Waals surface area contributed by atoms with E-state index in [1.807, 2.05) is 0 Å². The van der Waals surface area contributed by atoms with Crippen molar-refractivity contribution in [1.29, 1.82) is 0 Å². The Kier molecular flexibility index (Phi) is 8.18. The Morgan fingerprint density at radius 1 is 1.13 bits per heavy atom. The largest absolute Gasteiger partial charge is 0.480 e. The lowest BCUT2D eigenvalue weighted by atomic mass is 9.46. The number of carbonyl (C=O) groups is 3. The molecule has 4 N–H and O–H groups in total. The maximum atomic E-state index is 12.1. The molecule has 0 bridgehead atoms. The Bertz CT molecular complexity index is 1110. The number of nitrogens with zero attached hydrogens (tertiary/aromatic N) is 1. The number of hydrogen-bond donors (Lipinski definition) is 4. The van der Waals surface area contributed by atoms with Crippen LogP contribution in [0, 0.1) is 46.8 Å². The van der Waals surface area contributed by atoms with Crippen molar-refractivity contribution < 1.29 is 29.4 Å². The topological polar surface area (TPSA) is 137 Å². The zero-order valence-corrected chi connectivity index (χ0v) is 23.6. The second-order valence-corrected chi connectivity index (χ2v) is 12.8. The summed E-state index contributed by atoms with van der Waals surface area (Å²) in [5, 5.41) is 29.4. The van der Waals surface area contributed by atoms with Gasteiger partial charge in [-0.05, 0) is 86.5 Å². The van der Waals surface area contributed by atoms with Gasteiger partial charge >= 0.3 is 5.97 Å². The molecule has 2 amide bonds. The fourth-order valence-corrected chi connectivity index (χ4v) is 8.04. The van der Waals surface area contributed by atoms with Crippen molar-refractivity contribution in [2.45, 2.75) is 90.7 Å². The number of aliphatic hydroxyl groups is 1. The summed E-state index contributed by atoms with van der Waals surface area (Å²) in [6, 6.07) is -1.01. The molecule has 0 unspecified atom stereocenters. The average molecular weight is 542 g/mol. The van der Waals surface area contributed by atoms with Gasteiger partial charge in [0.25, 0.3) is 5.91 Å². The standard InChI is InChI=1S/C30H43N3O6/c1-6-30(38)14-11-23-21-8-7-19-15-20(9-12-28(19,4)22(21)10-13-29(23,30)5)33-39-17-25(35)31-16-24(34)32-26(18(2)3)27(36)37/h1,15,18,21-23,26,38H,7-14,16-17H2,2-5H3,(H,31,35)(H,32,34)(H,36,37)/b33-20+/t21-,22-,23-,26-,28+,29+,30-/m1/s1. The number of oxime groups is 1. The Labute approximate surface area is 231 Å². The van der Waals surface area contributed by atoms with Crippen LogP contribution in [0.25, 0.3) is 0 Å². The van der Waals surface area contributed by atoms with Gasteiger partial charge in [-0.2, -0.15) is 0 Å². The molecule has 4 aliphatic rings. The van der Waals surface area contributed by atoms with Crippen molar-refractivity contribution in [3.05, 3.63) is 11.6 Å². The second kappa shape index (κ2) is 11.0. The van der Waals surface area contributed by atoms with Crippen LogP contribution in [0.15, 0.2) is 16.8 Å². The van der Waals surface area contributed by atoms with Crippen molar-refractivity contribution >= 4 is 23.5 Å². The molecule has 0 aliphatic heterocycles. The molecule has 39 heavy (non-hydrogen) atoms. The van der Waals surface area contributed by atoms with E-state index in [0.717, 1.165) is 50.7 Å². The minimum atomic E-state index is -1.12. The third-order valence-corrected chi connectivity index (χ3v) is 10.4. The molecular formula is C30H43N3O6. The number of hydrogen-bond acceptors (Lipinski definition) is 6. The molecule has 3 fully saturated rings. The van der Waals surface area contributed by atoms with Gasteiger partial charge in [-0.3, -0.25) is 9.59 Å². The van der Waals surface area contributed by atoms with Crippen LogP contribution in [0.1, 0.15) is 79.1 Å². The van der Waals surface area contributed by atoms with Gasteiger partial charge in [0.05, 0.1) is 12.3 Å². The van der Waals surface area contributed by atoms with Crippen molar-refractivity contribution in [2.75, 3.05) is 13.2 Å². The van der Waals surface area contributed by atoms with Gasteiger partial charge < -0.3 is 25.7 Å². The quantitative estimate of drug-likeness (QED) is 0.275. The molecule has 0 heterocycles. The lowest BCUT2D eigenvalue weighted by Crippen LogP contribution is -2.54. The molecule has 0 aromatic heterocycles. The Hall–Kier alpha value is -2.86. The molecule has 0 spiro atoms. The van der Waals surface area contributed by atoms with Crippen molar-refractivity contribution in [3.63, 3.8) is 0 Å². The molecule has 9 nitrogen and oxygen atoms in total. The average Bonchev–Trinajstić information content (AvgIpc) is 3.16. The van der Waals surface area contributed by atoms with Crippen molar-refractivity contribution in [2.24, 2.45) is 39.7 Å². The highest BCUT2D eigenvalue weighted by atomic mass is 16.6. The van der Waals surface area contributed by atoms with Crippen LogP contribution in [-0.2, 0) is 19.2 Å². The number of carbonyl (C=O) groups excluding carboxylic acids is 2. The maximum Gasteiger partial charge on any atom is 0.326 e. The minimum Gasteiger partial charge on any atom is -0.480 e. The smallest absolute Gasteiger partial charge is 0.326 e. The molecule has 0 radical (unpaired) electrons. The number of terminal acetylenes is 1. The predicted molar refractivity (Wildman–Crippen MR) is 146 cm³/mol. The molecule has 214 valence electrons. The van der Waals surface area contributed by atoms with Gasteiger partial charge in [0.2, 0.25) is 5.91 Å². The van der Waals surface area contributed by atoms with Gasteiger partial charge in [0.1, 0.15) is 11.6 Å². The van der Waals surface area contributed by atoms with Crippen molar-refractivity contribution in [3.8, 4) is 12.3 Å². The summed E-state index contributed by atoms with van der Waals surface area (Å²) in [6.07, 6.45) is 15.5. The lowest BCUT2D eigenvalue weighted by molar-refractivity contribution is -0.143. The van der Waals surface area contributed by atoms with Gasteiger partial charge in [0.15, 0.2) is 6.61 Å². The zero-order valence-electron chi connectivity index (χ0n) is 23.6. The highest BCUT2D eigenvalue weighted by Gasteiger charge is 2.63. The summed E-state index contributed by atoms with van der Waals surface area (Å²) >= 11 is 0. The van der Waals surface area contributed by atoms with Crippen LogP contribution in [0.4, 0.5) is 0 Å². The first kappa shape index (κ1) is 29.1. The van der Waals surface area contributed by atoms with E-state index in [-0.39, 0.29) is 29.9 Å². The van der Waals surface area contributed by atoms with Crippen LogP contribution >= 0.6 is 0 Å². The number of aliphatic carboxylic acids is 1. The molecule has 3 saturated carbocycles. The van der Waals surface area contributed by atoms with Crippen LogP contribution in [0.3, 0.4) is 0 Å². The van der Waals surface area contributed by atoms with Gasteiger partial charge in [-0.15, -0.1) is 6.42 Å². The van der Waals surface area contributed by atoms with Crippen LogP contribution in [-0.4, -0.2) is 58.5 Å². The van der Waals surface area contributed by atoms with Crippen LogP contribution < -0.4 is 10.6 Å². The van der Waals surface area contributed by atoms with E-state index in [0.29, 0.717) is 24.2 Å². The molecular weight excluding hydrogens is 498 g/mol.